The van der Waals surface area contributed by atoms with Crippen LogP contribution in [0.4, 0.5) is 0 Å². The normalized spacial score (nSPS) is 12.7. The second-order valence-electron chi connectivity index (χ2n) is 5.16. The van der Waals surface area contributed by atoms with E-state index in [1.165, 1.54) is 16.8 Å². The molecule has 0 aliphatic rings. The minimum atomic E-state index is 0.298. The second kappa shape index (κ2) is 6.55. The van der Waals surface area contributed by atoms with Crippen molar-refractivity contribution in [2.24, 2.45) is 7.05 Å². The summed E-state index contributed by atoms with van der Waals surface area (Å²) in [5, 5.41) is 7.93. The van der Waals surface area contributed by atoms with Crippen molar-refractivity contribution in [3.05, 3.63) is 51.3 Å². The van der Waals surface area contributed by atoms with Crippen LogP contribution in [0.25, 0.3) is 0 Å². The Kier molecular flexibility index (Phi) is 5.00. The largest absolute Gasteiger partial charge is 0.313 e. The van der Waals surface area contributed by atoms with Crippen LogP contribution in [0.15, 0.2) is 28.7 Å². The van der Waals surface area contributed by atoms with Gasteiger partial charge >= 0.3 is 0 Å². The number of likely N-dealkylation sites (N-methyl/N-ethyl adjacent to an activating group) is 1. The van der Waals surface area contributed by atoms with E-state index in [0.29, 0.717) is 6.04 Å². The standard InChI is InChI=1S/C16H22BrN3/c1-5-13-9-14(20(4)19-13)10-16(18-3)12-7-6-11(2)15(17)8-12/h6-9,16,18H,5,10H2,1-4H3. The van der Waals surface area contributed by atoms with E-state index in [-0.39, 0.29) is 0 Å². The molecule has 0 amide bonds. The van der Waals surface area contributed by atoms with Gasteiger partial charge in [-0.25, -0.2) is 0 Å². The number of nitrogens with one attached hydrogen (secondary N) is 1. The molecule has 1 heterocycles. The van der Waals surface area contributed by atoms with Crippen molar-refractivity contribution in [1.82, 2.24) is 15.1 Å². The maximum atomic E-state index is 4.52. The van der Waals surface area contributed by atoms with Gasteiger partial charge < -0.3 is 5.32 Å². The van der Waals surface area contributed by atoms with Crippen LogP contribution in [0.1, 0.15) is 35.5 Å². The van der Waals surface area contributed by atoms with Crippen molar-refractivity contribution in [3.63, 3.8) is 0 Å². The topological polar surface area (TPSA) is 29.9 Å². The Bertz CT molecular complexity index is 589. The number of aromatic nitrogens is 2. The first-order valence-corrected chi connectivity index (χ1v) is 7.79. The zero-order valence-electron chi connectivity index (χ0n) is 12.6. The van der Waals surface area contributed by atoms with Gasteiger partial charge in [-0.3, -0.25) is 4.68 Å². The first kappa shape index (κ1) is 15.3. The smallest absolute Gasteiger partial charge is 0.0624 e. The van der Waals surface area contributed by atoms with Gasteiger partial charge in [0.05, 0.1) is 5.69 Å². The minimum absolute atomic E-state index is 0.298. The fraction of sp³-hybridized carbons (Fsp3) is 0.438. The van der Waals surface area contributed by atoms with Gasteiger partial charge in [-0.15, -0.1) is 0 Å². The van der Waals surface area contributed by atoms with E-state index >= 15 is 0 Å². The Morgan fingerprint density at radius 3 is 2.65 bits per heavy atom. The summed E-state index contributed by atoms with van der Waals surface area (Å²) in [6.45, 7) is 4.25. The van der Waals surface area contributed by atoms with Gasteiger partial charge in [-0.05, 0) is 43.7 Å². The molecule has 0 aliphatic heterocycles. The molecule has 0 aliphatic carbocycles. The molecule has 0 radical (unpaired) electrons. The number of nitrogens with zero attached hydrogens (tertiary/aromatic N) is 2. The highest BCUT2D eigenvalue weighted by molar-refractivity contribution is 9.10. The van der Waals surface area contributed by atoms with Gasteiger partial charge in [0.15, 0.2) is 0 Å². The van der Waals surface area contributed by atoms with E-state index in [2.05, 4.69) is 64.5 Å². The first-order valence-electron chi connectivity index (χ1n) is 7.00. The summed E-state index contributed by atoms with van der Waals surface area (Å²) < 4.78 is 3.15. The number of hydrogen-bond acceptors (Lipinski definition) is 2. The van der Waals surface area contributed by atoms with Crippen LogP contribution < -0.4 is 5.32 Å². The van der Waals surface area contributed by atoms with Crippen molar-refractivity contribution in [3.8, 4) is 0 Å². The fourth-order valence-corrected chi connectivity index (χ4v) is 2.75. The first-order chi connectivity index (χ1) is 9.55. The highest BCUT2D eigenvalue weighted by Crippen LogP contribution is 2.24. The van der Waals surface area contributed by atoms with E-state index in [9.17, 15) is 0 Å². The summed E-state index contributed by atoms with van der Waals surface area (Å²) in [5.41, 5.74) is 4.97. The van der Waals surface area contributed by atoms with Crippen LogP contribution in [-0.2, 0) is 19.9 Å². The van der Waals surface area contributed by atoms with Gasteiger partial charge in [0.2, 0.25) is 0 Å². The molecule has 0 saturated heterocycles. The minimum Gasteiger partial charge on any atom is -0.313 e. The van der Waals surface area contributed by atoms with E-state index in [1.807, 2.05) is 18.8 Å². The van der Waals surface area contributed by atoms with Crippen LogP contribution in [0.5, 0.6) is 0 Å². The van der Waals surface area contributed by atoms with Gasteiger partial charge in [-0.1, -0.05) is 35.0 Å². The van der Waals surface area contributed by atoms with E-state index < -0.39 is 0 Å². The Morgan fingerprint density at radius 2 is 2.10 bits per heavy atom. The summed E-state index contributed by atoms with van der Waals surface area (Å²) >= 11 is 3.61. The molecule has 1 aromatic heterocycles. The van der Waals surface area contributed by atoms with Gasteiger partial charge in [0, 0.05) is 29.7 Å². The highest BCUT2D eigenvalue weighted by atomic mass is 79.9. The summed E-state index contributed by atoms with van der Waals surface area (Å²) in [5.74, 6) is 0. The molecule has 108 valence electrons. The number of halogens is 1. The summed E-state index contributed by atoms with van der Waals surface area (Å²) in [7, 11) is 4.03. The molecule has 1 atom stereocenters. The molecule has 3 nitrogen and oxygen atoms in total. The zero-order chi connectivity index (χ0) is 14.7. The SMILES string of the molecule is CCc1cc(CC(NC)c2ccc(C)c(Br)c2)n(C)n1. The molecular formula is C16H22BrN3. The molecule has 1 aromatic carbocycles. The quantitative estimate of drug-likeness (QED) is 0.905. The van der Waals surface area contributed by atoms with E-state index in [4.69, 9.17) is 0 Å². The number of aryl methyl sites for hydroxylation is 3. The summed E-state index contributed by atoms with van der Waals surface area (Å²) in [6, 6.07) is 9.05. The summed E-state index contributed by atoms with van der Waals surface area (Å²) in [6.07, 6.45) is 1.92. The third kappa shape index (κ3) is 3.30. The number of hydrogen-bond donors (Lipinski definition) is 1. The number of rotatable bonds is 5. The Hall–Kier alpha value is -1.13. The molecule has 1 unspecified atom stereocenters. The van der Waals surface area contributed by atoms with Crippen LogP contribution in [0.3, 0.4) is 0 Å². The number of benzene rings is 1. The lowest BCUT2D eigenvalue weighted by atomic mass is 10.0. The van der Waals surface area contributed by atoms with Crippen molar-refractivity contribution in [1.29, 1.82) is 0 Å². The summed E-state index contributed by atoms with van der Waals surface area (Å²) in [4.78, 5) is 0. The maximum absolute atomic E-state index is 4.52. The Balaban J connectivity index is 2.23. The highest BCUT2D eigenvalue weighted by Gasteiger charge is 2.14. The predicted molar refractivity (Wildman–Crippen MR) is 87.0 cm³/mol. The van der Waals surface area contributed by atoms with Crippen molar-refractivity contribution in [2.45, 2.75) is 32.7 Å². The van der Waals surface area contributed by atoms with Gasteiger partial charge in [-0.2, -0.15) is 5.10 Å². The molecular weight excluding hydrogens is 314 g/mol. The lowest BCUT2D eigenvalue weighted by Gasteiger charge is -2.17. The van der Waals surface area contributed by atoms with Crippen LogP contribution in [-0.4, -0.2) is 16.8 Å². The molecule has 2 rings (SSSR count). The van der Waals surface area contributed by atoms with Crippen LogP contribution in [0.2, 0.25) is 0 Å². The van der Waals surface area contributed by atoms with E-state index in [1.54, 1.807) is 0 Å². The van der Waals surface area contributed by atoms with Crippen LogP contribution >= 0.6 is 15.9 Å². The lowest BCUT2D eigenvalue weighted by molar-refractivity contribution is 0.561. The molecule has 2 aromatic rings. The second-order valence-corrected chi connectivity index (χ2v) is 6.01. The average Bonchev–Trinajstić information content (AvgIpc) is 2.80. The van der Waals surface area contributed by atoms with Crippen molar-refractivity contribution >= 4 is 15.9 Å². The Labute approximate surface area is 129 Å². The Morgan fingerprint density at radius 1 is 1.35 bits per heavy atom. The van der Waals surface area contributed by atoms with Gasteiger partial charge in [0.25, 0.3) is 0 Å². The average molecular weight is 336 g/mol. The molecule has 0 fully saturated rings. The van der Waals surface area contributed by atoms with Gasteiger partial charge in [0.1, 0.15) is 0 Å². The molecule has 0 spiro atoms. The van der Waals surface area contributed by atoms with Crippen LogP contribution in [0, 0.1) is 6.92 Å². The van der Waals surface area contributed by atoms with Crippen molar-refractivity contribution < 1.29 is 0 Å². The molecule has 0 saturated carbocycles. The molecule has 4 heteroatoms. The third-order valence-electron chi connectivity index (χ3n) is 3.75. The molecule has 20 heavy (non-hydrogen) atoms. The molecule has 1 N–H and O–H groups in total. The van der Waals surface area contributed by atoms with E-state index in [0.717, 1.165) is 23.0 Å². The zero-order valence-corrected chi connectivity index (χ0v) is 14.2. The lowest BCUT2D eigenvalue weighted by Crippen LogP contribution is -2.20. The molecule has 0 bridgehead atoms. The third-order valence-corrected chi connectivity index (χ3v) is 4.60. The van der Waals surface area contributed by atoms with Crippen molar-refractivity contribution in [2.75, 3.05) is 7.05 Å². The monoisotopic (exact) mass is 335 g/mol. The maximum Gasteiger partial charge on any atom is 0.0624 e. The fourth-order valence-electron chi connectivity index (χ4n) is 2.36. The predicted octanol–water partition coefficient (Wildman–Crippen LogP) is 3.56.